The van der Waals surface area contributed by atoms with E-state index in [0.29, 0.717) is 29.0 Å². The van der Waals surface area contributed by atoms with Gasteiger partial charge in [0.2, 0.25) is 0 Å². The van der Waals surface area contributed by atoms with Gasteiger partial charge < -0.3 is 9.47 Å². The zero-order valence-electron chi connectivity index (χ0n) is 14.7. The first-order valence-corrected chi connectivity index (χ1v) is 10.4. The Bertz CT molecular complexity index is 851. The van der Waals surface area contributed by atoms with Crippen molar-refractivity contribution in [3.63, 3.8) is 0 Å². The van der Waals surface area contributed by atoms with Crippen molar-refractivity contribution in [1.82, 2.24) is 4.90 Å². The van der Waals surface area contributed by atoms with E-state index in [4.69, 9.17) is 21.7 Å². The molecular weight excluding hydrogens is 446 g/mol. The molecule has 0 N–H and O–H groups in total. The lowest BCUT2D eigenvalue weighted by Crippen LogP contribution is -2.27. The highest BCUT2D eigenvalue weighted by Crippen LogP contribution is 2.32. The molecule has 2 aromatic carbocycles. The van der Waals surface area contributed by atoms with Gasteiger partial charge >= 0.3 is 0 Å². The summed E-state index contributed by atoms with van der Waals surface area (Å²) in [5.41, 5.74) is 0.935. The average Bonchev–Trinajstić information content (AvgIpc) is 2.94. The van der Waals surface area contributed by atoms with Crippen molar-refractivity contribution in [1.29, 1.82) is 0 Å². The normalized spacial score (nSPS) is 15.5. The molecule has 140 valence electrons. The number of rotatable bonds is 7. The molecule has 0 aliphatic carbocycles. The zero-order valence-corrected chi connectivity index (χ0v) is 17.9. The summed E-state index contributed by atoms with van der Waals surface area (Å²) in [5.74, 6) is 1.53. The number of amides is 1. The largest absolute Gasteiger partial charge is 0.490 e. The first kappa shape index (κ1) is 19.9. The fraction of sp³-hybridized carbons (Fsp3) is 0.200. The number of hydrogen-bond acceptors (Lipinski definition) is 5. The van der Waals surface area contributed by atoms with E-state index in [1.807, 2.05) is 61.5 Å². The molecule has 0 radical (unpaired) electrons. The SMILES string of the molecule is CCN1C(=O)C(=Cc2ccc(OCCOc3ccc(Br)cc3)cc2)SC1=S. The second-order valence-corrected chi connectivity index (χ2v) is 8.24. The Morgan fingerprint density at radius 3 is 2.11 bits per heavy atom. The maximum Gasteiger partial charge on any atom is 0.266 e. The van der Waals surface area contributed by atoms with Crippen molar-refractivity contribution in [2.24, 2.45) is 0 Å². The highest BCUT2D eigenvalue weighted by Gasteiger charge is 2.30. The summed E-state index contributed by atoms with van der Waals surface area (Å²) >= 11 is 9.95. The van der Waals surface area contributed by atoms with Crippen LogP contribution in [0.15, 0.2) is 57.9 Å². The van der Waals surface area contributed by atoms with Gasteiger partial charge in [-0.25, -0.2) is 0 Å². The molecule has 1 fully saturated rings. The zero-order chi connectivity index (χ0) is 19.2. The molecule has 4 nitrogen and oxygen atoms in total. The first-order valence-electron chi connectivity index (χ1n) is 8.43. The summed E-state index contributed by atoms with van der Waals surface area (Å²) in [4.78, 5) is 14.5. The second-order valence-electron chi connectivity index (χ2n) is 5.65. The van der Waals surface area contributed by atoms with Crippen LogP contribution in [0.25, 0.3) is 6.08 Å². The van der Waals surface area contributed by atoms with E-state index < -0.39 is 0 Å². The van der Waals surface area contributed by atoms with Gasteiger partial charge in [0.05, 0.1) is 4.91 Å². The van der Waals surface area contributed by atoms with Crippen LogP contribution in [-0.2, 0) is 4.79 Å². The lowest BCUT2D eigenvalue weighted by Gasteiger charge is -2.09. The molecule has 7 heteroatoms. The Kier molecular flexibility index (Phi) is 6.93. The van der Waals surface area contributed by atoms with Gasteiger partial charge in [0.1, 0.15) is 29.0 Å². The molecule has 1 aliphatic heterocycles. The minimum Gasteiger partial charge on any atom is -0.490 e. The number of nitrogens with zero attached hydrogens (tertiary/aromatic N) is 1. The van der Waals surface area contributed by atoms with Crippen LogP contribution in [0.1, 0.15) is 12.5 Å². The topological polar surface area (TPSA) is 38.8 Å². The van der Waals surface area contributed by atoms with Gasteiger partial charge in [-0.3, -0.25) is 9.69 Å². The standard InChI is InChI=1S/C20H18BrNO3S2/c1-2-22-19(23)18(27-20(22)26)13-14-3-7-16(8-4-14)24-11-12-25-17-9-5-15(21)6-10-17/h3-10,13H,2,11-12H2,1H3. The third-order valence-corrected chi connectivity index (χ3v) is 5.71. The van der Waals surface area contributed by atoms with Gasteiger partial charge in [-0.15, -0.1) is 0 Å². The van der Waals surface area contributed by atoms with Crippen molar-refractivity contribution in [2.45, 2.75) is 6.92 Å². The van der Waals surface area contributed by atoms with Crippen molar-refractivity contribution in [3.05, 3.63) is 63.5 Å². The Morgan fingerprint density at radius 2 is 1.59 bits per heavy atom. The molecular formula is C20H18BrNO3S2. The molecule has 1 aliphatic rings. The van der Waals surface area contributed by atoms with Crippen LogP contribution < -0.4 is 9.47 Å². The van der Waals surface area contributed by atoms with Crippen LogP contribution in [-0.4, -0.2) is 34.9 Å². The van der Waals surface area contributed by atoms with E-state index >= 15 is 0 Å². The number of thioether (sulfide) groups is 1. The van der Waals surface area contributed by atoms with E-state index in [1.54, 1.807) is 4.90 Å². The predicted octanol–water partition coefficient (Wildman–Crippen LogP) is 5.13. The van der Waals surface area contributed by atoms with Crippen LogP contribution in [0.3, 0.4) is 0 Å². The Balaban J connectivity index is 1.50. The highest BCUT2D eigenvalue weighted by atomic mass is 79.9. The number of halogens is 1. The van der Waals surface area contributed by atoms with E-state index in [0.717, 1.165) is 21.5 Å². The van der Waals surface area contributed by atoms with E-state index in [-0.39, 0.29) is 5.91 Å². The number of likely N-dealkylation sites (N-methyl/N-ethyl adjacent to an activating group) is 1. The van der Waals surface area contributed by atoms with Gasteiger partial charge in [0, 0.05) is 11.0 Å². The fourth-order valence-corrected chi connectivity index (χ4v) is 4.08. The summed E-state index contributed by atoms with van der Waals surface area (Å²) in [6.45, 7) is 3.42. The number of carbonyl (C=O) groups is 1. The van der Waals surface area contributed by atoms with Crippen molar-refractivity contribution in [3.8, 4) is 11.5 Å². The summed E-state index contributed by atoms with van der Waals surface area (Å²) in [6, 6.07) is 15.3. The minimum absolute atomic E-state index is 0.0297. The maximum absolute atomic E-state index is 12.2. The van der Waals surface area contributed by atoms with Crippen molar-refractivity contribution >= 4 is 56.2 Å². The number of hydrogen-bond donors (Lipinski definition) is 0. The van der Waals surface area contributed by atoms with Crippen LogP contribution in [0.2, 0.25) is 0 Å². The van der Waals surface area contributed by atoms with Crippen LogP contribution in [0.4, 0.5) is 0 Å². The summed E-state index contributed by atoms with van der Waals surface area (Å²) in [5, 5.41) is 0. The molecule has 0 saturated carbocycles. The summed E-state index contributed by atoms with van der Waals surface area (Å²) < 4.78 is 12.9. The molecule has 1 amide bonds. The quantitative estimate of drug-likeness (QED) is 0.323. The molecule has 0 unspecified atom stereocenters. The highest BCUT2D eigenvalue weighted by molar-refractivity contribution is 9.10. The van der Waals surface area contributed by atoms with Crippen LogP contribution >= 0.6 is 39.9 Å². The number of benzene rings is 2. The Hall–Kier alpha value is -1.83. The Morgan fingerprint density at radius 1 is 1.04 bits per heavy atom. The van der Waals surface area contributed by atoms with Gasteiger partial charge in [0.15, 0.2) is 0 Å². The van der Waals surface area contributed by atoms with E-state index in [1.165, 1.54) is 11.8 Å². The molecule has 2 aromatic rings. The van der Waals surface area contributed by atoms with Gasteiger partial charge in [0.25, 0.3) is 5.91 Å². The van der Waals surface area contributed by atoms with Gasteiger partial charge in [-0.1, -0.05) is 52.0 Å². The minimum atomic E-state index is -0.0297. The van der Waals surface area contributed by atoms with Gasteiger partial charge in [-0.2, -0.15) is 0 Å². The molecule has 3 rings (SSSR count). The lowest BCUT2D eigenvalue weighted by molar-refractivity contribution is -0.121. The summed E-state index contributed by atoms with van der Waals surface area (Å²) in [7, 11) is 0. The molecule has 27 heavy (non-hydrogen) atoms. The monoisotopic (exact) mass is 463 g/mol. The molecule has 0 bridgehead atoms. The maximum atomic E-state index is 12.2. The van der Waals surface area contributed by atoms with Crippen molar-refractivity contribution in [2.75, 3.05) is 19.8 Å². The van der Waals surface area contributed by atoms with E-state index in [9.17, 15) is 4.79 Å². The van der Waals surface area contributed by atoms with Crippen molar-refractivity contribution < 1.29 is 14.3 Å². The molecule has 1 saturated heterocycles. The molecule has 1 heterocycles. The number of ether oxygens (including phenoxy) is 2. The lowest BCUT2D eigenvalue weighted by atomic mass is 10.2. The molecule has 0 spiro atoms. The third-order valence-electron chi connectivity index (χ3n) is 3.80. The third kappa shape index (κ3) is 5.34. The number of carbonyl (C=O) groups excluding carboxylic acids is 1. The van der Waals surface area contributed by atoms with Crippen LogP contribution in [0.5, 0.6) is 11.5 Å². The Labute approximate surface area is 176 Å². The van der Waals surface area contributed by atoms with E-state index in [2.05, 4.69) is 15.9 Å². The average molecular weight is 464 g/mol. The second kappa shape index (κ2) is 9.39. The van der Waals surface area contributed by atoms with Gasteiger partial charge in [-0.05, 0) is 55.0 Å². The van der Waals surface area contributed by atoms with Crippen LogP contribution in [0, 0.1) is 0 Å². The summed E-state index contributed by atoms with van der Waals surface area (Å²) in [6.07, 6.45) is 1.86. The predicted molar refractivity (Wildman–Crippen MR) is 117 cm³/mol. The smallest absolute Gasteiger partial charge is 0.266 e. The fourth-order valence-electron chi connectivity index (χ4n) is 2.43. The first-order chi connectivity index (χ1) is 13.1. The molecule has 0 aromatic heterocycles. The molecule has 0 atom stereocenters. The number of thiocarbonyl (C=S) groups is 1.